The van der Waals surface area contributed by atoms with Gasteiger partial charge in [-0.2, -0.15) is 0 Å². The summed E-state index contributed by atoms with van der Waals surface area (Å²) in [4.78, 5) is 4.24. The zero-order valence-electron chi connectivity index (χ0n) is 8.23. The number of oxazole rings is 1. The Morgan fingerprint density at radius 1 is 1.21 bits per heavy atom. The van der Waals surface area contributed by atoms with E-state index in [0.717, 1.165) is 24.2 Å². The van der Waals surface area contributed by atoms with Crippen LogP contribution in [-0.4, -0.2) is 4.98 Å². The molecule has 0 saturated carbocycles. The summed E-state index contributed by atoms with van der Waals surface area (Å²) in [5.41, 5.74) is 1.04. The molecule has 1 heterocycles. The van der Waals surface area contributed by atoms with Crippen molar-refractivity contribution in [3.8, 4) is 11.5 Å². The standard InChI is InChI=1S/C12H13NO/c1-2-6-11-9-13-12(14-11)10-7-4-3-5-8-10/h3-5,7-9H,2,6H2,1H3. The largest absolute Gasteiger partial charge is 0.441 e. The van der Waals surface area contributed by atoms with Gasteiger partial charge in [-0.3, -0.25) is 0 Å². The van der Waals surface area contributed by atoms with Gasteiger partial charge in [0, 0.05) is 12.0 Å². The number of rotatable bonds is 3. The normalized spacial score (nSPS) is 10.4. The van der Waals surface area contributed by atoms with Gasteiger partial charge in [-0.25, -0.2) is 4.98 Å². The molecule has 2 nitrogen and oxygen atoms in total. The highest BCUT2D eigenvalue weighted by Gasteiger charge is 2.04. The number of aryl methyl sites for hydroxylation is 1. The lowest BCUT2D eigenvalue weighted by molar-refractivity contribution is 0.514. The van der Waals surface area contributed by atoms with Gasteiger partial charge in [-0.1, -0.05) is 25.1 Å². The van der Waals surface area contributed by atoms with E-state index in [1.807, 2.05) is 36.5 Å². The maximum absolute atomic E-state index is 5.60. The van der Waals surface area contributed by atoms with Gasteiger partial charge in [0.2, 0.25) is 5.89 Å². The smallest absolute Gasteiger partial charge is 0.226 e. The first kappa shape index (κ1) is 9.00. The summed E-state index contributed by atoms with van der Waals surface area (Å²) in [6, 6.07) is 9.96. The third-order valence-corrected chi connectivity index (χ3v) is 2.07. The molecule has 1 aromatic carbocycles. The lowest BCUT2D eigenvalue weighted by Crippen LogP contribution is -1.76. The highest BCUT2D eigenvalue weighted by molar-refractivity contribution is 5.52. The van der Waals surface area contributed by atoms with E-state index in [9.17, 15) is 0 Å². The molecule has 0 amide bonds. The van der Waals surface area contributed by atoms with Gasteiger partial charge in [0.25, 0.3) is 0 Å². The number of benzene rings is 1. The van der Waals surface area contributed by atoms with Crippen molar-refractivity contribution in [2.45, 2.75) is 19.8 Å². The summed E-state index contributed by atoms with van der Waals surface area (Å²) < 4.78 is 5.60. The van der Waals surface area contributed by atoms with Crippen molar-refractivity contribution < 1.29 is 4.42 Å². The molecule has 0 unspecified atom stereocenters. The predicted molar refractivity (Wildman–Crippen MR) is 55.9 cm³/mol. The minimum absolute atomic E-state index is 0.717. The minimum atomic E-state index is 0.717. The van der Waals surface area contributed by atoms with Crippen LogP contribution in [0.15, 0.2) is 40.9 Å². The van der Waals surface area contributed by atoms with Gasteiger partial charge >= 0.3 is 0 Å². The van der Waals surface area contributed by atoms with Gasteiger partial charge < -0.3 is 4.42 Å². The lowest BCUT2D eigenvalue weighted by Gasteiger charge is -1.93. The van der Waals surface area contributed by atoms with E-state index in [1.54, 1.807) is 0 Å². The third-order valence-electron chi connectivity index (χ3n) is 2.07. The first-order chi connectivity index (χ1) is 6.90. The zero-order valence-corrected chi connectivity index (χ0v) is 8.23. The van der Waals surface area contributed by atoms with Crippen molar-refractivity contribution >= 4 is 0 Å². The van der Waals surface area contributed by atoms with E-state index in [0.29, 0.717) is 5.89 Å². The maximum atomic E-state index is 5.60. The van der Waals surface area contributed by atoms with Crippen LogP contribution in [0, 0.1) is 0 Å². The van der Waals surface area contributed by atoms with E-state index in [-0.39, 0.29) is 0 Å². The quantitative estimate of drug-likeness (QED) is 0.736. The molecule has 2 aromatic rings. The third kappa shape index (κ3) is 1.84. The first-order valence-corrected chi connectivity index (χ1v) is 4.90. The van der Waals surface area contributed by atoms with Crippen molar-refractivity contribution in [2.24, 2.45) is 0 Å². The van der Waals surface area contributed by atoms with Crippen LogP contribution in [0.2, 0.25) is 0 Å². The van der Waals surface area contributed by atoms with E-state index in [1.165, 1.54) is 0 Å². The van der Waals surface area contributed by atoms with E-state index in [2.05, 4.69) is 11.9 Å². The highest BCUT2D eigenvalue weighted by Crippen LogP contribution is 2.18. The lowest BCUT2D eigenvalue weighted by atomic mass is 10.2. The summed E-state index contributed by atoms with van der Waals surface area (Å²) in [5.74, 6) is 1.68. The van der Waals surface area contributed by atoms with Gasteiger partial charge in [0.05, 0.1) is 6.20 Å². The van der Waals surface area contributed by atoms with Crippen molar-refractivity contribution in [1.82, 2.24) is 4.98 Å². The Kier molecular flexibility index (Phi) is 2.63. The van der Waals surface area contributed by atoms with Crippen LogP contribution in [0.3, 0.4) is 0 Å². The van der Waals surface area contributed by atoms with Crippen molar-refractivity contribution in [3.05, 3.63) is 42.3 Å². The fraction of sp³-hybridized carbons (Fsp3) is 0.250. The first-order valence-electron chi connectivity index (χ1n) is 4.90. The van der Waals surface area contributed by atoms with Crippen LogP contribution < -0.4 is 0 Å². The van der Waals surface area contributed by atoms with Gasteiger partial charge in [-0.05, 0) is 18.6 Å². The van der Waals surface area contributed by atoms with Crippen molar-refractivity contribution in [2.75, 3.05) is 0 Å². The Morgan fingerprint density at radius 2 is 2.00 bits per heavy atom. The molecule has 0 aliphatic heterocycles. The molecule has 0 saturated heterocycles. The summed E-state index contributed by atoms with van der Waals surface area (Å²) in [5, 5.41) is 0. The average molecular weight is 187 g/mol. The molecular weight excluding hydrogens is 174 g/mol. The van der Waals surface area contributed by atoms with Crippen LogP contribution in [0.5, 0.6) is 0 Å². The zero-order chi connectivity index (χ0) is 9.80. The number of hydrogen-bond acceptors (Lipinski definition) is 2. The van der Waals surface area contributed by atoms with E-state index < -0.39 is 0 Å². The second-order valence-electron chi connectivity index (χ2n) is 3.25. The number of aromatic nitrogens is 1. The summed E-state index contributed by atoms with van der Waals surface area (Å²) in [6.45, 7) is 2.13. The fourth-order valence-corrected chi connectivity index (χ4v) is 1.38. The van der Waals surface area contributed by atoms with Crippen LogP contribution >= 0.6 is 0 Å². The molecule has 0 aliphatic rings. The summed E-state index contributed by atoms with van der Waals surface area (Å²) in [6.07, 6.45) is 3.86. The van der Waals surface area contributed by atoms with Gasteiger partial charge in [0.1, 0.15) is 5.76 Å². The molecule has 2 heteroatoms. The van der Waals surface area contributed by atoms with Crippen LogP contribution in [0.25, 0.3) is 11.5 Å². The Hall–Kier alpha value is -1.57. The molecule has 0 atom stereocenters. The molecule has 14 heavy (non-hydrogen) atoms. The molecule has 1 aromatic heterocycles. The minimum Gasteiger partial charge on any atom is -0.441 e. The van der Waals surface area contributed by atoms with E-state index >= 15 is 0 Å². The number of hydrogen-bond donors (Lipinski definition) is 0. The fourth-order valence-electron chi connectivity index (χ4n) is 1.38. The molecule has 0 spiro atoms. The monoisotopic (exact) mass is 187 g/mol. The van der Waals surface area contributed by atoms with Crippen LogP contribution in [0.4, 0.5) is 0 Å². The van der Waals surface area contributed by atoms with Gasteiger partial charge in [0.15, 0.2) is 0 Å². The number of nitrogens with zero attached hydrogens (tertiary/aromatic N) is 1. The average Bonchev–Trinajstić information content (AvgIpc) is 2.68. The van der Waals surface area contributed by atoms with Crippen molar-refractivity contribution in [3.63, 3.8) is 0 Å². The van der Waals surface area contributed by atoms with Crippen LogP contribution in [0.1, 0.15) is 19.1 Å². The Morgan fingerprint density at radius 3 is 2.71 bits per heavy atom. The van der Waals surface area contributed by atoms with Crippen LogP contribution in [-0.2, 0) is 6.42 Å². The molecular formula is C12H13NO. The molecule has 0 N–H and O–H groups in total. The Balaban J connectivity index is 2.25. The van der Waals surface area contributed by atoms with Crippen molar-refractivity contribution in [1.29, 1.82) is 0 Å². The molecule has 2 rings (SSSR count). The summed E-state index contributed by atoms with van der Waals surface area (Å²) >= 11 is 0. The Labute approximate surface area is 83.6 Å². The Bertz CT molecular complexity index is 392. The topological polar surface area (TPSA) is 26.0 Å². The molecule has 0 aliphatic carbocycles. The highest BCUT2D eigenvalue weighted by atomic mass is 16.4. The summed E-state index contributed by atoms with van der Waals surface area (Å²) in [7, 11) is 0. The van der Waals surface area contributed by atoms with Gasteiger partial charge in [-0.15, -0.1) is 0 Å². The predicted octanol–water partition coefficient (Wildman–Crippen LogP) is 3.29. The maximum Gasteiger partial charge on any atom is 0.226 e. The SMILES string of the molecule is CCCc1cnc(-c2ccccc2)o1. The molecule has 72 valence electrons. The second-order valence-corrected chi connectivity index (χ2v) is 3.25. The molecule has 0 fully saturated rings. The molecule has 0 bridgehead atoms. The second kappa shape index (κ2) is 4.09. The molecule has 0 radical (unpaired) electrons. The van der Waals surface area contributed by atoms with E-state index in [4.69, 9.17) is 4.42 Å².